The summed E-state index contributed by atoms with van der Waals surface area (Å²) in [4.78, 5) is 53.5. The zero-order valence-electron chi connectivity index (χ0n) is 13.6. The maximum absolute atomic E-state index is 12.0. The van der Waals surface area contributed by atoms with Crippen LogP contribution in [0.15, 0.2) is 21.9 Å². The topological polar surface area (TPSA) is 170 Å². The summed E-state index contributed by atoms with van der Waals surface area (Å²) in [5.74, 6) is -0.703. The first-order valence-electron chi connectivity index (χ1n) is 7.13. The fourth-order valence-corrected chi connectivity index (χ4v) is 3.70. The van der Waals surface area contributed by atoms with Gasteiger partial charge < -0.3 is 28.7 Å². The van der Waals surface area contributed by atoms with Crippen molar-refractivity contribution in [1.29, 1.82) is 0 Å². The molecule has 148 valence electrons. The summed E-state index contributed by atoms with van der Waals surface area (Å²) in [6.45, 7) is -2.58. The third-order valence-electron chi connectivity index (χ3n) is 3.58. The summed E-state index contributed by atoms with van der Waals surface area (Å²) in [7, 11) is -3.03. The minimum absolute atomic E-state index is 0.611. The third-order valence-corrected chi connectivity index (χ3v) is 5.40. The molecule has 5 atom stereocenters. The number of rotatable bonds is 7. The third kappa shape index (κ3) is 5.40. The van der Waals surface area contributed by atoms with Crippen LogP contribution in [0, 0.1) is 5.92 Å². The predicted octanol–water partition coefficient (Wildman–Crippen LogP) is -0.572. The van der Waals surface area contributed by atoms with Crippen molar-refractivity contribution in [2.75, 3.05) is 13.5 Å². The summed E-state index contributed by atoms with van der Waals surface area (Å²) < 4.78 is 32.7. The van der Waals surface area contributed by atoms with E-state index in [0.717, 1.165) is 17.7 Å². The smallest absolute Gasteiger partial charge is 0.337 e. The van der Waals surface area contributed by atoms with Gasteiger partial charge in [-0.2, -0.15) is 0 Å². The van der Waals surface area contributed by atoms with Crippen LogP contribution in [0.5, 0.6) is 0 Å². The molecule has 0 bridgehead atoms. The van der Waals surface area contributed by atoms with Crippen molar-refractivity contribution in [3.63, 3.8) is 0 Å². The zero-order valence-corrected chi connectivity index (χ0v) is 16.2. The van der Waals surface area contributed by atoms with E-state index >= 15 is 0 Å². The highest BCUT2D eigenvalue weighted by atomic mass is 32.5. The van der Waals surface area contributed by atoms with E-state index in [9.17, 15) is 28.8 Å². The van der Waals surface area contributed by atoms with Gasteiger partial charge in [-0.15, -0.1) is 0 Å². The lowest BCUT2D eigenvalue weighted by atomic mass is 10.1. The van der Waals surface area contributed by atoms with Gasteiger partial charge in [0, 0.05) is 25.3 Å². The molecule has 1 fully saturated rings. The summed E-state index contributed by atoms with van der Waals surface area (Å²) in [5.41, 5.74) is -1.38. The molecule has 12 nitrogen and oxygen atoms in total. The Balaban J connectivity index is 2.30. The molecular formula is C11H18N2O10P2S. The lowest BCUT2D eigenvalue weighted by Gasteiger charge is -2.23. The van der Waals surface area contributed by atoms with Gasteiger partial charge in [0.25, 0.3) is 5.56 Å². The number of hydrogen-bond donors (Lipinski definition) is 4. The van der Waals surface area contributed by atoms with E-state index in [2.05, 4.69) is 21.3 Å². The first-order valence-corrected chi connectivity index (χ1v) is 11.5. The summed E-state index contributed by atoms with van der Waals surface area (Å²) in [6, 6.07) is 1.09. The monoisotopic (exact) mass is 432 g/mol. The molecule has 0 radical (unpaired) electrons. The van der Waals surface area contributed by atoms with Crippen molar-refractivity contribution >= 4 is 26.1 Å². The van der Waals surface area contributed by atoms with Gasteiger partial charge in [0.1, 0.15) is 12.3 Å². The number of H-pyrrole nitrogens is 1. The Bertz CT molecular complexity index is 850. The Morgan fingerprint density at radius 1 is 1.38 bits per heavy atom. The van der Waals surface area contributed by atoms with Crippen LogP contribution in [0.2, 0.25) is 0 Å². The fraction of sp³-hybridized carbons (Fsp3) is 0.636. The highest BCUT2D eigenvalue weighted by molar-refractivity contribution is 8.06. The Morgan fingerprint density at radius 3 is 2.58 bits per heavy atom. The van der Waals surface area contributed by atoms with E-state index in [1.807, 2.05) is 0 Å². The van der Waals surface area contributed by atoms with Gasteiger partial charge in [0.05, 0.1) is 0 Å². The second kappa shape index (κ2) is 8.11. The van der Waals surface area contributed by atoms with E-state index in [4.69, 9.17) is 14.0 Å². The largest absolute Gasteiger partial charge is 0.353 e. The number of ether oxygens (including phenoxy) is 2. The Labute approximate surface area is 152 Å². The SMILES string of the molecule is COP(=O)(O)CO[C@H]1OC(n2ccc(=O)[nH]c2=O)[C@H](C)[C@@H]1OP(O)(O)=S. The molecule has 1 aromatic heterocycles. The lowest BCUT2D eigenvalue weighted by Crippen LogP contribution is -2.34. The molecule has 1 aromatic rings. The molecule has 2 unspecified atom stereocenters. The van der Waals surface area contributed by atoms with Gasteiger partial charge in [-0.05, 0) is 11.8 Å². The molecule has 1 aliphatic heterocycles. The Hall–Kier alpha value is -0.720. The molecule has 0 aromatic carbocycles. The maximum atomic E-state index is 12.0. The van der Waals surface area contributed by atoms with Crippen LogP contribution in [0.25, 0.3) is 0 Å². The molecular weight excluding hydrogens is 414 g/mol. The van der Waals surface area contributed by atoms with Crippen molar-refractivity contribution in [2.45, 2.75) is 25.5 Å². The minimum atomic E-state index is -4.13. The van der Waals surface area contributed by atoms with E-state index in [1.165, 1.54) is 6.20 Å². The predicted molar refractivity (Wildman–Crippen MR) is 90.8 cm³/mol. The lowest BCUT2D eigenvalue weighted by molar-refractivity contribution is -0.166. The quantitative estimate of drug-likeness (QED) is 0.407. The second-order valence-electron chi connectivity index (χ2n) is 5.45. The summed E-state index contributed by atoms with van der Waals surface area (Å²) in [6.07, 6.45) is -3.14. The van der Waals surface area contributed by atoms with E-state index in [-0.39, 0.29) is 0 Å². The van der Waals surface area contributed by atoms with Crippen LogP contribution < -0.4 is 11.2 Å². The molecule has 4 N–H and O–H groups in total. The highest BCUT2D eigenvalue weighted by Gasteiger charge is 2.47. The van der Waals surface area contributed by atoms with E-state index < -0.39 is 56.5 Å². The highest BCUT2D eigenvalue weighted by Crippen LogP contribution is 2.48. The average molecular weight is 432 g/mol. The van der Waals surface area contributed by atoms with Crippen molar-refractivity contribution in [3.05, 3.63) is 33.1 Å². The van der Waals surface area contributed by atoms with E-state index in [0.29, 0.717) is 0 Å². The van der Waals surface area contributed by atoms with Crippen LogP contribution in [0.1, 0.15) is 13.2 Å². The number of nitrogens with one attached hydrogen (secondary N) is 1. The van der Waals surface area contributed by atoms with Crippen LogP contribution >= 0.6 is 14.3 Å². The number of aromatic nitrogens is 2. The molecule has 2 rings (SSSR count). The molecule has 2 heterocycles. The molecule has 0 saturated carbocycles. The van der Waals surface area contributed by atoms with Crippen molar-refractivity contribution < 1.29 is 37.8 Å². The van der Waals surface area contributed by atoms with Crippen LogP contribution in [-0.2, 0) is 34.9 Å². The van der Waals surface area contributed by atoms with Gasteiger partial charge in [-0.3, -0.25) is 23.4 Å². The van der Waals surface area contributed by atoms with Crippen LogP contribution in [0.4, 0.5) is 0 Å². The number of hydrogen-bond acceptors (Lipinski definition) is 8. The first kappa shape index (κ1) is 21.6. The first-order chi connectivity index (χ1) is 11.9. The second-order valence-corrected chi connectivity index (χ2v) is 9.97. The fourth-order valence-electron chi connectivity index (χ4n) is 2.35. The Kier molecular flexibility index (Phi) is 6.73. The van der Waals surface area contributed by atoms with E-state index in [1.54, 1.807) is 6.92 Å². The molecule has 1 aliphatic rings. The normalized spacial score (nSPS) is 28.8. The summed E-state index contributed by atoms with van der Waals surface area (Å²) >= 11 is 4.45. The van der Waals surface area contributed by atoms with Gasteiger partial charge in [0.2, 0.25) is 0 Å². The average Bonchev–Trinajstić information content (AvgIpc) is 2.81. The van der Waals surface area contributed by atoms with Crippen LogP contribution in [-0.4, -0.2) is 50.1 Å². The van der Waals surface area contributed by atoms with Gasteiger partial charge in [-0.25, -0.2) is 4.79 Å². The molecule has 26 heavy (non-hydrogen) atoms. The molecule has 0 aliphatic carbocycles. The molecule has 1 saturated heterocycles. The standard InChI is InChI=1S/C11H18N2O10P2S/c1-6-8(23-25(18,19)26)10(21-5-24(16,17)20-2)22-9(6)13-4-3-7(14)12-11(13)15/h3-4,6,8-10H,5H2,1-2H3,(H,16,17)(H,12,14,15)(H2,18,19,26)/t6-,8+,9?,10+/m1/s1. The zero-order chi connectivity index (χ0) is 19.7. The molecule has 0 spiro atoms. The van der Waals surface area contributed by atoms with Crippen molar-refractivity contribution in [3.8, 4) is 0 Å². The van der Waals surface area contributed by atoms with Crippen molar-refractivity contribution in [2.24, 2.45) is 5.92 Å². The summed E-state index contributed by atoms with van der Waals surface area (Å²) in [5, 5.41) is 0. The van der Waals surface area contributed by atoms with Crippen molar-refractivity contribution in [1.82, 2.24) is 9.55 Å². The minimum Gasteiger partial charge on any atom is -0.337 e. The van der Waals surface area contributed by atoms with Gasteiger partial charge in [-0.1, -0.05) is 6.92 Å². The Morgan fingerprint density at radius 2 is 2.04 bits per heavy atom. The van der Waals surface area contributed by atoms with Gasteiger partial charge in [0.15, 0.2) is 12.6 Å². The molecule has 0 amide bonds. The van der Waals surface area contributed by atoms with Crippen LogP contribution in [0.3, 0.4) is 0 Å². The maximum Gasteiger partial charge on any atom is 0.353 e. The number of aromatic amines is 1. The number of nitrogens with zero attached hydrogens (tertiary/aromatic N) is 1. The van der Waals surface area contributed by atoms with Gasteiger partial charge >= 0.3 is 20.0 Å². The molecule has 15 heteroatoms.